The van der Waals surface area contributed by atoms with Crippen LogP contribution >= 0.6 is 11.6 Å². The van der Waals surface area contributed by atoms with Crippen LogP contribution in [0.2, 0.25) is 5.15 Å². The zero-order chi connectivity index (χ0) is 15.9. The molecule has 8 heteroatoms. The number of rotatable bonds is 3. The molecule has 0 radical (unpaired) electrons. The number of hydrogen-bond acceptors (Lipinski definition) is 6. The van der Waals surface area contributed by atoms with Gasteiger partial charge in [-0.2, -0.15) is 5.01 Å². The predicted octanol–water partition coefficient (Wildman–Crippen LogP) is 2.89. The fraction of sp³-hybridized carbons (Fsp3) is 0.214. The van der Waals surface area contributed by atoms with E-state index < -0.39 is 12.0 Å². The average Bonchev–Trinajstić information content (AvgIpc) is 2.74. The number of halogens is 2. The number of benzene rings is 1. The quantitative estimate of drug-likeness (QED) is 0.754. The fourth-order valence-corrected chi connectivity index (χ4v) is 2.55. The fourth-order valence-electron chi connectivity index (χ4n) is 2.36. The Morgan fingerprint density at radius 3 is 2.95 bits per heavy atom. The summed E-state index contributed by atoms with van der Waals surface area (Å²) in [6.07, 6.45) is -0.901. The highest BCUT2D eigenvalue weighted by Crippen LogP contribution is 2.40. The van der Waals surface area contributed by atoms with Crippen LogP contribution in [-0.4, -0.2) is 29.3 Å². The summed E-state index contributed by atoms with van der Waals surface area (Å²) < 4.78 is 18.8. The minimum atomic E-state index is -0.901. The molecule has 0 amide bonds. The van der Waals surface area contributed by atoms with E-state index in [-0.39, 0.29) is 10.9 Å². The van der Waals surface area contributed by atoms with Gasteiger partial charge in [0.2, 0.25) is 0 Å². The van der Waals surface area contributed by atoms with Crippen LogP contribution in [-0.2, 0) is 0 Å². The number of methoxy groups -OCH3 is 1. The Morgan fingerprint density at radius 1 is 1.45 bits per heavy atom. The summed E-state index contributed by atoms with van der Waals surface area (Å²) in [6.45, 7) is 0. The van der Waals surface area contributed by atoms with Crippen molar-refractivity contribution in [1.29, 1.82) is 0 Å². The number of hydrazine groups is 1. The number of nitrogens with zero attached hydrogens (tertiary/aromatic N) is 2. The lowest BCUT2D eigenvalue weighted by molar-refractivity contribution is 0.0524. The summed E-state index contributed by atoms with van der Waals surface area (Å²) >= 11 is 6.00. The molecular formula is C14H14ClFN4O2. The SMILES string of the molecule is COc1c(F)cccc1Nc1cc(Cl)nc2c1C(O)N(C)N2. The standard InChI is InChI=1S/C14H14ClFN4O2/c1-20-14(21)11-9(6-10(15)18-13(11)19-20)17-8-5-3-4-7(16)12(8)22-2/h3-6,14,21H,1-2H3,(H2,17,18,19). The number of fused-ring (bicyclic) bond motifs is 1. The normalized spacial score (nSPS) is 17.0. The van der Waals surface area contributed by atoms with Crippen LogP contribution in [0.3, 0.4) is 0 Å². The Balaban J connectivity index is 2.06. The minimum Gasteiger partial charge on any atom is -0.492 e. The zero-order valence-electron chi connectivity index (χ0n) is 11.9. The van der Waals surface area contributed by atoms with Crippen LogP contribution in [0.4, 0.5) is 21.6 Å². The van der Waals surface area contributed by atoms with Crippen molar-refractivity contribution in [1.82, 2.24) is 9.99 Å². The highest BCUT2D eigenvalue weighted by atomic mass is 35.5. The average molecular weight is 325 g/mol. The second kappa shape index (κ2) is 5.60. The van der Waals surface area contributed by atoms with Gasteiger partial charge in [-0.15, -0.1) is 0 Å². The van der Waals surface area contributed by atoms with E-state index in [0.717, 1.165) is 0 Å². The number of aliphatic hydroxyl groups excluding tert-OH is 1. The van der Waals surface area contributed by atoms with E-state index >= 15 is 0 Å². The van der Waals surface area contributed by atoms with Crippen molar-refractivity contribution in [2.24, 2.45) is 0 Å². The maximum atomic E-state index is 13.8. The van der Waals surface area contributed by atoms with E-state index in [1.807, 2.05) is 0 Å². The van der Waals surface area contributed by atoms with Gasteiger partial charge in [-0.25, -0.2) is 9.37 Å². The van der Waals surface area contributed by atoms with Crippen molar-refractivity contribution < 1.29 is 14.2 Å². The number of nitrogens with one attached hydrogen (secondary N) is 2. The lowest BCUT2D eigenvalue weighted by atomic mass is 10.2. The Labute approximate surface area is 131 Å². The first-order valence-electron chi connectivity index (χ1n) is 6.48. The minimum absolute atomic E-state index is 0.0815. The molecule has 1 aliphatic rings. The molecule has 1 aromatic heterocycles. The first-order chi connectivity index (χ1) is 10.5. The van der Waals surface area contributed by atoms with Crippen LogP contribution in [0, 0.1) is 5.82 Å². The summed E-state index contributed by atoms with van der Waals surface area (Å²) in [5, 5.41) is 15.0. The summed E-state index contributed by atoms with van der Waals surface area (Å²) in [4.78, 5) is 4.12. The van der Waals surface area contributed by atoms with E-state index in [4.69, 9.17) is 16.3 Å². The molecule has 3 rings (SSSR count). The van der Waals surface area contributed by atoms with E-state index in [0.29, 0.717) is 22.8 Å². The molecule has 0 spiro atoms. The summed E-state index contributed by atoms with van der Waals surface area (Å²) in [6, 6.07) is 6.10. The van der Waals surface area contributed by atoms with Gasteiger partial charge in [0.1, 0.15) is 5.15 Å². The largest absolute Gasteiger partial charge is 0.492 e. The molecule has 1 aromatic carbocycles. The number of aromatic nitrogens is 1. The molecule has 1 unspecified atom stereocenters. The molecule has 116 valence electrons. The Bertz CT molecular complexity index is 728. The van der Waals surface area contributed by atoms with Crippen molar-refractivity contribution in [3.8, 4) is 5.75 Å². The van der Waals surface area contributed by atoms with Crippen molar-refractivity contribution in [3.05, 3.63) is 40.8 Å². The number of hydrogen-bond donors (Lipinski definition) is 3. The van der Waals surface area contributed by atoms with Gasteiger partial charge in [0.25, 0.3) is 0 Å². The number of anilines is 3. The van der Waals surface area contributed by atoms with Gasteiger partial charge < -0.3 is 20.6 Å². The molecule has 0 fully saturated rings. The maximum absolute atomic E-state index is 13.8. The highest BCUT2D eigenvalue weighted by molar-refractivity contribution is 6.29. The summed E-state index contributed by atoms with van der Waals surface area (Å²) in [5.74, 6) is 0.0402. The first kappa shape index (κ1) is 14.8. The molecule has 1 atom stereocenters. The van der Waals surface area contributed by atoms with Crippen LogP contribution in [0.15, 0.2) is 24.3 Å². The monoisotopic (exact) mass is 324 g/mol. The van der Waals surface area contributed by atoms with Crippen molar-refractivity contribution in [2.45, 2.75) is 6.23 Å². The van der Waals surface area contributed by atoms with Crippen LogP contribution in [0.5, 0.6) is 5.75 Å². The summed E-state index contributed by atoms with van der Waals surface area (Å²) in [7, 11) is 3.06. The van der Waals surface area contributed by atoms with Crippen molar-refractivity contribution in [3.63, 3.8) is 0 Å². The van der Waals surface area contributed by atoms with Gasteiger partial charge in [0.15, 0.2) is 23.6 Å². The number of aliphatic hydroxyl groups is 1. The number of para-hydroxylation sites is 1. The number of pyridine rings is 1. The molecule has 1 aliphatic heterocycles. The van der Waals surface area contributed by atoms with Gasteiger partial charge in [0, 0.05) is 7.05 Å². The molecule has 0 aliphatic carbocycles. The predicted molar refractivity (Wildman–Crippen MR) is 81.8 cm³/mol. The third-order valence-electron chi connectivity index (χ3n) is 3.38. The van der Waals surface area contributed by atoms with Gasteiger partial charge in [-0.1, -0.05) is 17.7 Å². The molecule has 0 saturated carbocycles. The lowest BCUT2D eigenvalue weighted by Gasteiger charge is -2.16. The summed E-state index contributed by atoms with van der Waals surface area (Å²) in [5.41, 5.74) is 4.36. The molecule has 2 heterocycles. The van der Waals surface area contributed by atoms with Gasteiger partial charge in [0.05, 0.1) is 24.0 Å². The Hall–Kier alpha value is -2.09. The maximum Gasteiger partial charge on any atom is 0.177 e. The van der Waals surface area contributed by atoms with E-state index in [1.165, 1.54) is 18.2 Å². The topological polar surface area (TPSA) is 69.6 Å². The van der Waals surface area contributed by atoms with Crippen LogP contribution in [0.25, 0.3) is 0 Å². The molecule has 0 bridgehead atoms. The Kier molecular flexibility index (Phi) is 3.78. The molecule has 3 N–H and O–H groups in total. The molecule has 6 nitrogen and oxygen atoms in total. The zero-order valence-corrected chi connectivity index (χ0v) is 12.6. The molecule has 0 saturated heterocycles. The van der Waals surface area contributed by atoms with Crippen molar-refractivity contribution >= 4 is 28.8 Å². The molecule has 2 aromatic rings. The van der Waals surface area contributed by atoms with Gasteiger partial charge >= 0.3 is 0 Å². The van der Waals surface area contributed by atoms with E-state index in [9.17, 15) is 9.50 Å². The van der Waals surface area contributed by atoms with Crippen LogP contribution < -0.4 is 15.5 Å². The first-order valence-corrected chi connectivity index (χ1v) is 6.86. The van der Waals surface area contributed by atoms with E-state index in [2.05, 4.69) is 15.7 Å². The second-order valence-electron chi connectivity index (χ2n) is 4.80. The van der Waals surface area contributed by atoms with E-state index in [1.54, 1.807) is 25.2 Å². The molecule has 22 heavy (non-hydrogen) atoms. The van der Waals surface area contributed by atoms with Gasteiger partial charge in [-0.3, -0.25) is 0 Å². The smallest absolute Gasteiger partial charge is 0.177 e. The molecular weight excluding hydrogens is 311 g/mol. The van der Waals surface area contributed by atoms with Gasteiger partial charge in [-0.05, 0) is 18.2 Å². The third kappa shape index (κ3) is 2.43. The second-order valence-corrected chi connectivity index (χ2v) is 5.18. The number of ether oxygens (including phenoxy) is 1. The Morgan fingerprint density at radius 2 is 2.23 bits per heavy atom. The lowest BCUT2D eigenvalue weighted by Crippen LogP contribution is -2.22. The highest BCUT2D eigenvalue weighted by Gasteiger charge is 2.30. The van der Waals surface area contributed by atoms with Crippen LogP contribution in [0.1, 0.15) is 11.8 Å². The third-order valence-corrected chi connectivity index (χ3v) is 3.57. The van der Waals surface area contributed by atoms with Crippen molar-refractivity contribution in [2.75, 3.05) is 24.9 Å².